The summed E-state index contributed by atoms with van der Waals surface area (Å²) in [6.07, 6.45) is 4.13. The molecule has 1 atom stereocenters. The van der Waals surface area contributed by atoms with Gasteiger partial charge in [-0.3, -0.25) is 0 Å². The van der Waals surface area contributed by atoms with Crippen molar-refractivity contribution in [3.63, 3.8) is 0 Å². The maximum absolute atomic E-state index is 14.4. The molecule has 0 N–H and O–H groups in total. The molecule has 0 aromatic rings. The summed E-state index contributed by atoms with van der Waals surface area (Å²) in [6.45, 7) is 2.04. The molecule has 1 rings (SSSR count). The first kappa shape index (κ1) is 24.1. The van der Waals surface area contributed by atoms with Gasteiger partial charge in [0.25, 0.3) is 5.67 Å². The van der Waals surface area contributed by atoms with E-state index in [0.717, 1.165) is 32.1 Å². The maximum Gasteiger partial charge on any atom is 0.381 e. The van der Waals surface area contributed by atoms with Crippen LogP contribution in [0.2, 0.25) is 0 Å². The van der Waals surface area contributed by atoms with Gasteiger partial charge in [-0.15, -0.1) is 0 Å². The van der Waals surface area contributed by atoms with E-state index in [9.17, 15) is 39.5 Å². The molecule has 0 amide bonds. The van der Waals surface area contributed by atoms with Crippen LogP contribution in [0.3, 0.4) is 0 Å². The van der Waals surface area contributed by atoms with E-state index in [4.69, 9.17) is 0 Å². The van der Waals surface area contributed by atoms with Crippen LogP contribution in [-0.4, -0.2) is 33.3 Å². The van der Waals surface area contributed by atoms with Gasteiger partial charge in [0.2, 0.25) is 0 Å². The topological polar surface area (TPSA) is 0 Å². The molecule has 1 fully saturated rings. The van der Waals surface area contributed by atoms with Crippen molar-refractivity contribution in [3.8, 4) is 0 Å². The Morgan fingerprint density at radius 1 is 0.615 bits per heavy atom. The lowest BCUT2D eigenvalue weighted by Gasteiger charge is -2.32. The van der Waals surface area contributed by atoms with Gasteiger partial charge in [-0.05, 0) is 6.42 Å². The smallest absolute Gasteiger partial charge is 0.230 e. The van der Waals surface area contributed by atoms with Crippen LogP contribution >= 0.6 is 22.6 Å². The van der Waals surface area contributed by atoms with E-state index < -0.39 is 39.7 Å². The average molecular weight is 512 g/mol. The van der Waals surface area contributed by atoms with Gasteiger partial charge in [-0.25, -0.2) is 4.39 Å². The molecule has 10 heteroatoms. The molecule has 0 heterocycles. The number of rotatable bonds is 10. The fourth-order valence-corrected chi connectivity index (χ4v) is 4.12. The van der Waals surface area contributed by atoms with E-state index in [0.29, 0.717) is 12.8 Å². The number of halogens is 10. The van der Waals surface area contributed by atoms with Gasteiger partial charge >= 0.3 is 23.7 Å². The molecule has 0 aromatic heterocycles. The van der Waals surface area contributed by atoms with Crippen LogP contribution in [0.4, 0.5) is 39.5 Å². The van der Waals surface area contributed by atoms with Crippen molar-refractivity contribution < 1.29 is 39.5 Å². The second-order valence-corrected chi connectivity index (χ2v) is 8.57. The standard InChI is InChI=1S/C16H22F9I/c1-2-3-4-5-6-7-8-9-11(26)10-12(17)13(18,19)15(22,23)16(24,25)14(12,20)21/h11H,2-10H2,1H3. The molecule has 0 aromatic carbocycles. The third kappa shape index (κ3) is 3.68. The monoisotopic (exact) mass is 512 g/mol. The van der Waals surface area contributed by atoms with Gasteiger partial charge in [-0.1, -0.05) is 74.5 Å². The minimum atomic E-state index is -6.46. The summed E-state index contributed by atoms with van der Waals surface area (Å²) in [5.74, 6) is -25.3. The zero-order chi connectivity index (χ0) is 20.4. The third-order valence-corrected chi connectivity index (χ3v) is 5.87. The van der Waals surface area contributed by atoms with Crippen LogP contribution in [-0.2, 0) is 0 Å². The Balaban J connectivity index is 2.72. The van der Waals surface area contributed by atoms with E-state index in [1.807, 2.05) is 6.92 Å². The summed E-state index contributed by atoms with van der Waals surface area (Å²) < 4.78 is 120. The molecule has 0 aliphatic heterocycles. The van der Waals surface area contributed by atoms with Crippen LogP contribution in [0.1, 0.15) is 64.7 Å². The fraction of sp³-hybridized carbons (Fsp3) is 1.00. The number of alkyl halides is 10. The van der Waals surface area contributed by atoms with Gasteiger partial charge in [-0.2, -0.15) is 35.1 Å². The van der Waals surface area contributed by atoms with Crippen molar-refractivity contribution in [2.45, 2.75) is 98.0 Å². The largest absolute Gasteiger partial charge is 0.381 e. The van der Waals surface area contributed by atoms with Crippen LogP contribution in [0.5, 0.6) is 0 Å². The molecule has 156 valence electrons. The SMILES string of the molecule is CCCCCCCCCC(I)CC1(F)C(F)(F)C(F)(F)C(F)(F)C1(F)F. The zero-order valence-corrected chi connectivity index (χ0v) is 16.4. The first-order chi connectivity index (χ1) is 11.7. The maximum atomic E-state index is 14.4. The van der Waals surface area contributed by atoms with Crippen molar-refractivity contribution in [1.29, 1.82) is 0 Å². The van der Waals surface area contributed by atoms with Crippen molar-refractivity contribution in [2.75, 3.05) is 0 Å². The minimum Gasteiger partial charge on any atom is -0.230 e. The van der Waals surface area contributed by atoms with Gasteiger partial charge in [0.1, 0.15) is 0 Å². The quantitative estimate of drug-likeness (QED) is 0.123. The third-order valence-electron chi connectivity index (χ3n) is 4.80. The van der Waals surface area contributed by atoms with Gasteiger partial charge in [0.15, 0.2) is 0 Å². The van der Waals surface area contributed by atoms with Crippen molar-refractivity contribution in [3.05, 3.63) is 0 Å². The molecular weight excluding hydrogens is 490 g/mol. The summed E-state index contributed by atoms with van der Waals surface area (Å²) in [4.78, 5) is 0. The van der Waals surface area contributed by atoms with Crippen LogP contribution < -0.4 is 0 Å². The molecule has 0 spiro atoms. The molecule has 1 aliphatic rings. The second kappa shape index (κ2) is 8.23. The number of hydrogen-bond donors (Lipinski definition) is 0. The predicted molar refractivity (Wildman–Crippen MR) is 88.7 cm³/mol. The second-order valence-electron chi connectivity index (χ2n) is 6.81. The highest BCUT2D eigenvalue weighted by atomic mass is 127. The lowest BCUT2D eigenvalue weighted by molar-refractivity contribution is -0.303. The van der Waals surface area contributed by atoms with Crippen LogP contribution in [0.25, 0.3) is 0 Å². The number of hydrogen-bond acceptors (Lipinski definition) is 0. The Morgan fingerprint density at radius 3 is 1.42 bits per heavy atom. The molecule has 0 nitrogen and oxygen atoms in total. The highest BCUT2D eigenvalue weighted by Gasteiger charge is 3.00. The Labute approximate surface area is 160 Å². The van der Waals surface area contributed by atoms with Crippen molar-refractivity contribution in [1.82, 2.24) is 0 Å². The van der Waals surface area contributed by atoms with E-state index in [2.05, 4.69) is 0 Å². The highest BCUT2D eigenvalue weighted by molar-refractivity contribution is 14.1. The molecule has 0 radical (unpaired) electrons. The molecule has 1 saturated carbocycles. The Kier molecular flexibility index (Phi) is 7.64. The highest BCUT2D eigenvalue weighted by Crippen LogP contribution is 2.70. The minimum absolute atomic E-state index is 0.00328. The van der Waals surface area contributed by atoms with Crippen molar-refractivity contribution in [2.24, 2.45) is 0 Å². The molecule has 0 bridgehead atoms. The fourth-order valence-electron chi connectivity index (χ4n) is 3.08. The van der Waals surface area contributed by atoms with Gasteiger partial charge in [0, 0.05) is 10.3 Å². The lowest BCUT2D eigenvalue weighted by atomic mass is 9.90. The summed E-state index contributed by atoms with van der Waals surface area (Å²) in [7, 11) is 0. The number of unbranched alkanes of at least 4 members (excludes halogenated alkanes) is 6. The van der Waals surface area contributed by atoms with Gasteiger partial charge < -0.3 is 0 Å². The van der Waals surface area contributed by atoms with Crippen LogP contribution in [0, 0.1) is 0 Å². The van der Waals surface area contributed by atoms with E-state index in [-0.39, 0.29) is 6.42 Å². The van der Waals surface area contributed by atoms with Crippen LogP contribution in [0.15, 0.2) is 0 Å². The Bertz CT molecular complexity index is 439. The van der Waals surface area contributed by atoms with E-state index in [1.165, 1.54) is 22.6 Å². The van der Waals surface area contributed by atoms with E-state index in [1.54, 1.807) is 0 Å². The Hall–Kier alpha value is 0.1000. The predicted octanol–water partition coefficient (Wildman–Crippen LogP) is 7.58. The molecule has 1 unspecified atom stereocenters. The summed E-state index contributed by atoms with van der Waals surface area (Å²) in [6, 6.07) is 0. The van der Waals surface area contributed by atoms with E-state index >= 15 is 0 Å². The first-order valence-electron chi connectivity index (χ1n) is 8.55. The summed E-state index contributed by atoms with van der Waals surface area (Å²) >= 11 is 1.38. The van der Waals surface area contributed by atoms with Crippen molar-refractivity contribution >= 4 is 22.6 Å². The molecular formula is C16H22F9I. The first-order valence-corrected chi connectivity index (χ1v) is 9.79. The summed E-state index contributed by atoms with van der Waals surface area (Å²) in [5.41, 5.74) is -5.31. The van der Waals surface area contributed by atoms with Gasteiger partial charge in [0.05, 0.1) is 0 Å². The lowest BCUT2D eigenvalue weighted by Crippen LogP contribution is -2.55. The molecule has 1 aliphatic carbocycles. The normalized spacial score (nSPS) is 26.0. The molecule has 0 saturated heterocycles. The zero-order valence-electron chi connectivity index (χ0n) is 14.2. The Morgan fingerprint density at radius 2 is 1.00 bits per heavy atom. The average Bonchev–Trinajstić information content (AvgIpc) is 2.56. The molecule has 26 heavy (non-hydrogen) atoms. The summed E-state index contributed by atoms with van der Waals surface area (Å²) in [5, 5.41) is 0.